The Morgan fingerprint density at radius 2 is 1.92 bits per heavy atom. The molecule has 36 heavy (non-hydrogen) atoms. The van der Waals surface area contributed by atoms with Crippen molar-refractivity contribution in [1.82, 2.24) is 19.7 Å². The highest BCUT2D eigenvalue weighted by atomic mass is 32.2. The van der Waals surface area contributed by atoms with Crippen molar-refractivity contribution in [2.75, 3.05) is 11.5 Å². The van der Waals surface area contributed by atoms with Crippen LogP contribution >= 0.6 is 0 Å². The minimum atomic E-state index is -3.16. The monoisotopic (exact) mass is 526 g/mol. The van der Waals surface area contributed by atoms with Gasteiger partial charge in [0.2, 0.25) is 5.88 Å². The normalized spacial score (nSPS) is 17.7. The third-order valence-electron chi connectivity index (χ3n) is 6.29. The lowest BCUT2D eigenvalue weighted by atomic mass is 9.87. The molecule has 1 aliphatic heterocycles. The molecule has 13 heteroatoms. The molecule has 1 aliphatic rings. The van der Waals surface area contributed by atoms with Gasteiger partial charge in [0.25, 0.3) is 0 Å². The van der Waals surface area contributed by atoms with E-state index in [-0.39, 0.29) is 40.7 Å². The van der Waals surface area contributed by atoms with Gasteiger partial charge in [0, 0.05) is 35.0 Å². The molecule has 1 saturated heterocycles. The summed E-state index contributed by atoms with van der Waals surface area (Å²) in [5.74, 6) is -1.91. The molecule has 3 aromatic rings. The first kappa shape index (κ1) is 26.0. The van der Waals surface area contributed by atoms with Crippen molar-refractivity contribution < 1.29 is 36.2 Å². The number of ketones is 1. The number of aromatic nitrogens is 4. The Bertz CT molecular complexity index is 1440. The Morgan fingerprint density at radius 1 is 1.25 bits per heavy atom. The summed E-state index contributed by atoms with van der Waals surface area (Å²) in [5.41, 5.74) is -1.71. The van der Waals surface area contributed by atoms with Gasteiger partial charge in [-0.2, -0.15) is 13.9 Å². The molecular formula is C23H25F3N4O5S. The van der Waals surface area contributed by atoms with E-state index >= 15 is 0 Å². The quantitative estimate of drug-likeness (QED) is 0.442. The molecule has 1 unspecified atom stereocenters. The summed E-state index contributed by atoms with van der Waals surface area (Å²) in [6.45, 7) is 3.33. The molecule has 1 N–H and O–H groups in total. The van der Waals surface area contributed by atoms with Gasteiger partial charge in [0.1, 0.15) is 11.4 Å². The first-order valence-electron chi connectivity index (χ1n) is 11.0. The van der Waals surface area contributed by atoms with Crippen molar-refractivity contribution in [3.05, 3.63) is 36.0 Å². The maximum Gasteiger partial charge on any atom is 0.388 e. The number of hydrogen-bond acceptors (Lipinski definition) is 8. The SMILES string of the molecule is CC(n1nc(-c2cc(OC(F)F)ncc2F)c2cnc(C(=O)CC3(C)CS(=O)(=O)C3)cc21)C(C)(C)O. The predicted molar refractivity (Wildman–Crippen MR) is 124 cm³/mol. The number of sulfone groups is 1. The van der Waals surface area contributed by atoms with Crippen LogP contribution in [-0.4, -0.2) is 62.8 Å². The molecule has 1 atom stereocenters. The van der Waals surface area contributed by atoms with Crippen LogP contribution in [-0.2, 0) is 9.84 Å². The molecule has 4 heterocycles. The Kier molecular flexibility index (Phi) is 6.36. The van der Waals surface area contributed by atoms with Crippen molar-refractivity contribution in [2.24, 2.45) is 5.41 Å². The van der Waals surface area contributed by atoms with Gasteiger partial charge in [-0.1, -0.05) is 6.92 Å². The number of pyridine rings is 2. The van der Waals surface area contributed by atoms with Crippen LogP contribution in [0.3, 0.4) is 0 Å². The maximum absolute atomic E-state index is 14.7. The second-order valence-electron chi connectivity index (χ2n) is 10.0. The van der Waals surface area contributed by atoms with E-state index < -0.39 is 45.2 Å². The Hall–Kier alpha value is -3.06. The zero-order valence-electron chi connectivity index (χ0n) is 20.0. The fourth-order valence-corrected chi connectivity index (χ4v) is 6.58. The van der Waals surface area contributed by atoms with Gasteiger partial charge in [0.15, 0.2) is 21.4 Å². The van der Waals surface area contributed by atoms with E-state index in [2.05, 4.69) is 19.8 Å². The lowest BCUT2D eigenvalue weighted by Crippen LogP contribution is -2.47. The van der Waals surface area contributed by atoms with Crippen molar-refractivity contribution in [3.63, 3.8) is 0 Å². The zero-order valence-corrected chi connectivity index (χ0v) is 20.8. The predicted octanol–water partition coefficient (Wildman–Crippen LogP) is 3.57. The molecule has 0 aromatic carbocycles. The van der Waals surface area contributed by atoms with E-state index in [0.29, 0.717) is 10.9 Å². The van der Waals surface area contributed by atoms with Crippen LogP contribution in [0.25, 0.3) is 22.2 Å². The summed E-state index contributed by atoms with van der Waals surface area (Å²) in [5, 5.41) is 15.4. The highest BCUT2D eigenvalue weighted by Crippen LogP contribution is 2.38. The minimum Gasteiger partial charge on any atom is -0.417 e. The largest absolute Gasteiger partial charge is 0.417 e. The average Bonchev–Trinajstić information content (AvgIpc) is 3.10. The molecule has 4 rings (SSSR count). The summed E-state index contributed by atoms with van der Waals surface area (Å²) in [6, 6.07) is 1.78. The summed E-state index contributed by atoms with van der Waals surface area (Å²) in [4.78, 5) is 20.7. The fourth-order valence-electron chi connectivity index (χ4n) is 4.33. The van der Waals surface area contributed by atoms with Crippen molar-refractivity contribution in [1.29, 1.82) is 0 Å². The Morgan fingerprint density at radius 3 is 2.50 bits per heavy atom. The van der Waals surface area contributed by atoms with Gasteiger partial charge >= 0.3 is 6.61 Å². The number of hydrogen-bond donors (Lipinski definition) is 1. The Balaban J connectivity index is 1.82. The van der Waals surface area contributed by atoms with E-state index in [1.165, 1.54) is 16.9 Å². The van der Waals surface area contributed by atoms with Gasteiger partial charge in [-0.25, -0.2) is 17.8 Å². The number of rotatable bonds is 8. The fraction of sp³-hybridized carbons (Fsp3) is 0.478. The zero-order chi connectivity index (χ0) is 26.6. The standard InChI is InChI=1S/C23H25F3N4O5S/c1-12(22(2,3)32)30-17-6-16(18(31)7-23(4)10-36(33,34)11-23)27-8-14(17)20(29-30)13-5-19(35-21(25)26)28-9-15(13)24/h5-6,8-9,12,21,32H,7,10-11H2,1-4H3. The van der Waals surface area contributed by atoms with Crippen molar-refractivity contribution >= 4 is 26.5 Å². The molecule has 9 nitrogen and oxygen atoms in total. The van der Waals surface area contributed by atoms with Crippen LogP contribution < -0.4 is 4.74 Å². The van der Waals surface area contributed by atoms with Crippen LogP contribution in [0.2, 0.25) is 0 Å². The smallest absolute Gasteiger partial charge is 0.388 e. The van der Waals surface area contributed by atoms with E-state index in [4.69, 9.17) is 0 Å². The van der Waals surface area contributed by atoms with E-state index in [0.717, 1.165) is 12.3 Å². The lowest BCUT2D eigenvalue weighted by Gasteiger charge is -2.36. The first-order chi connectivity index (χ1) is 16.6. The van der Waals surface area contributed by atoms with Crippen LogP contribution in [0.4, 0.5) is 13.2 Å². The third-order valence-corrected chi connectivity index (χ3v) is 8.56. The van der Waals surface area contributed by atoms with E-state index in [9.17, 15) is 31.5 Å². The second kappa shape index (κ2) is 8.80. The van der Waals surface area contributed by atoms with Crippen LogP contribution in [0.15, 0.2) is 24.5 Å². The van der Waals surface area contributed by atoms with Gasteiger partial charge < -0.3 is 9.84 Å². The number of aliphatic hydroxyl groups is 1. The van der Waals surface area contributed by atoms with Crippen LogP contribution in [0.1, 0.15) is 50.6 Å². The molecule has 0 amide bonds. The summed E-state index contributed by atoms with van der Waals surface area (Å²) >= 11 is 0. The summed E-state index contributed by atoms with van der Waals surface area (Å²) < 4.78 is 69.0. The third kappa shape index (κ3) is 5.07. The number of Topliss-reactive ketones (excluding diaryl/α,β-unsaturated/α-hetero) is 1. The molecule has 3 aromatic heterocycles. The van der Waals surface area contributed by atoms with Crippen LogP contribution in [0.5, 0.6) is 5.88 Å². The number of carbonyl (C=O) groups is 1. The molecule has 0 bridgehead atoms. The average molecular weight is 527 g/mol. The van der Waals surface area contributed by atoms with Crippen molar-refractivity contribution in [3.8, 4) is 17.1 Å². The summed E-state index contributed by atoms with van der Waals surface area (Å²) in [6.07, 6.45) is 2.02. The van der Waals surface area contributed by atoms with Gasteiger partial charge in [-0.3, -0.25) is 14.5 Å². The summed E-state index contributed by atoms with van der Waals surface area (Å²) in [7, 11) is -3.14. The maximum atomic E-state index is 14.7. The Labute approximate surface area is 205 Å². The van der Waals surface area contributed by atoms with Gasteiger partial charge in [-0.05, 0) is 26.8 Å². The highest BCUT2D eigenvalue weighted by Gasteiger charge is 2.46. The van der Waals surface area contributed by atoms with Crippen LogP contribution in [0, 0.1) is 11.2 Å². The number of carbonyl (C=O) groups excluding carboxylic acids is 1. The molecular weight excluding hydrogens is 501 g/mol. The van der Waals surface area contributed by atoms with E-state index in [1.807, 2.05) is 0 Å². The molecule has 0 spiro atoms. The molecule has 0 saturated carbocycles. The van der Waals surface area contributed by atoms with Gasteiger partial charge in [-0.15, -0.1) is 0 Å². The number of nitrogens with zero attached hydrogens (tertiary/aromatic N) is 4. The molecule has 0 aliphatic carbocycles. The first-order valence-corrected chi connectivity index (χ1v) is 12.9. The highest BCUT2D eigenvalue weighted by molar-refractivity contribution is 7.92. The molecule has 1 fully saturated rings. The van der Waals surface area contributed by atoms with E-state index in [1.54, 1.807) is 27.7 Å². The lowest BCUT2D eigenvalue weighted by molar-refractivity contribution is -0.0528. The second-order valence-corrected chi connectivity index (χ2v) is 12.1. The molecule has 0 radical (unpaired) electrons. The molecule has 194 valence electrons. The number of ether oxygens (including phenoxy) is 1. The van der Waals surface area contributed by atoms with Crippen molar-refractivity contribution in [2.45, 2.75) is 52.4 Å². The minimum absolute atomic E-state index is 0.0277. The van der Waals surface area contributed by atoms with Gasteiger partial charge in [0.05, 0.1) is 34.9 Å². The number of alkyl halides is 2. The number of halogens is 3. The number of fused-ring (bicyclic) bond motifs is 1. The topological polar surface area (TPSA) is 124 Å².